The van der Waals surface area contributed by atoms with E-state index in [0.29, 0.717) is 19.3 Å². The SMILES string of the molecule is CCCCC/C=C\C/C=C\CCCCCCCCCCCC(=O)O[C@@H](COC(=O)CCCCCCCCCCCCCC)COC(=O)CCCCCCCCCCCCCCC. The predicted octanol–water partition coefficient (Wildman–Crippen LogP) is 17.9. The van der Waals surface area contributed by atoms with Gasteiger partial charge in [-0.1, -0.05) is 251 Å². The molecule has 0 saturated heterocycles. The molecule has 6 heteroatoms. The van der Waals surface area contributed by atoms with Crippen LogP contribution in [0.25, 0.3) is 0 Å². The second-order valence-corrected chi connectivity index (χ2v) is 18.5. The summed E-state index contributed by atoms with van der Waals surface area (Å²) in [5.41, 5.74) is 0. The number of unbranched alkanes of at least 4 members (excludes halogenated alkanes) is 35. The molecule has 0 rings (SSSR count). The molecule has 0 amide bonds. The highest BCUT2D eigenvalue weighted by Crippen LogP contribution is 2.16. The van der Waals surface area contributed by atoms with Crippen molar-refractivity contribution in [1.29, 1.82) is 0 Å². The van der Waals surface area contributed by atoms with Crippen LogP contribution in [-0.4, -0.2) is 37.2 Å². The third-order valence-corrected chi connectivity index (χ3v) is 12.2. The quantitative estimate of drug-likeness (QED) is 0.0262. The highest BCUT2D eigenvalue weighted by atomic mass is 16.6. The summed E-state index contributed by atoms with van der Waals surface area (Å²) in [6, 6.07) is 0. The van der Waals surface area contributed by atoms with E-state index in [1.54, 1.807) is 0 Å². The van der Waals surface area contributed by atoms with E-state index in [2.05, 4.69) is 45.1 Å². The third-order valence-electron chi connectivity index (χ3n) is 12.2. The first-order chi connectivity index (χ1) is 30.5. The number of ether oxygens (including phenoxy) is 3. The van der Waals surface area contributed by atoms with E-state index in [-0.39, 0.29) is 31.1 Å². The normalized spacial score (nSPS) is 12.1. The topological polar surface area (TPSA) is 78.9 Å². The van der Waals surface area contributed by atoms with Crippen molar-refractivity contribution < 1.29 is 28.6 Å². The highest BCUT2D eigenvalue weighted by molar-refractivity contribution is 5.71. The molecule has 0 aliphatic heterocycles. The molecule has 0 fully saturated rings. The molecular formula is C56H104O6. The number of hydrogen-bond acceptors (Lipinski definition) is 6. The summed E-state index contributed by atoms with van der Waals surface area (Å²) in [7, 11) is 0. The van der Waals surface area contributed by atoms with Gasteiger partial charge in [0.1, 0.15) is 13.2 Å². The third kappa shape index (κ3) is 48.9. The number of hydrogen-bond donors (Lipinski definition) is 0. The van der Waals surface area contributed by atoms with Crippen molar-refractivity contribution >= 4 is 17.9 Å². The van der Waals surface area contributed by atoms with E-state index >= 15 is 0 Å². The van der Waals surface area contributed by atoms with Crippen LogP contribution in [0, 0.1) is 0 Å². The Morgan fingerprint density at radius 3 is 0.919 bits per heavy atom. The van der Waals surface area contributed by atoms with Crippen LogP contribution in [0.4, 0.5) is 0 Å². The van der Waals surface area contributed by atoms with Crippen molar-refractivity contribution in [2.24, 2.45) is 0 Å². The van der Waals surface area contributed by atoms with Gasteiger partial charge in [-0.25, -0.2) is 0 Å². The highest BCUT2D eigenvalue weighted by Gasteiger charge is 2.19. The van der Waals surface area contributed by atoms with E-state index in [0.717, 1.165) is 64.2 Å². The Bertz CT molecular complexity index is 1000. The van der Waals surface area contributed by atoms with Gasteiger partial charge in [0.25, 0.3) is 0 Å². The number of carbonyl (C=O) groups excluding carboxylic acids is 3. The summed E-state index contributed by atoms with van der Waals surface area (Å²) >= 11 is 0. The minimum Gasteiger partial charge on any atom is -0.462 e. The van der Waals surface area contributed by atoms with Crippen LogP contribution in [-0.2, 0) is 28.6 Å². The van der Waals surface area contributed by atoms with Gasteiger partial charge in [0.15, 0.2) is 6.10 Å². The van der Waals surface area contributed by atoms with Gasteiger partial charge in [-0.15, -0.1) is 0 Å². The van der Waals surface area contributed by atoms with Gasteiger partial charge in [-0.2, -0.15) is 0 Å². The first-order valence-electron chi connectivity index (χ1n) is 27.3. The largest absolute Gasteiger partial charge is 0.462 e. The maximum atomic E-state index is 12.8. The van der Waals surface area contributed by atoms with E-state index in [4.69, 9.17) is 14.2 Å². The minimum absolute atomic E-state index is 0.0677. The molecule has 0 heterocycles. The Labute approximate surface area is 385 Å². The summed E-state index contributed by atoms with van der Waals surface area (Å²) in [6.07, 6.45) is 58.7. The molecule has 0 bridgehead atoms. The number of allylic oxidation sites excluding steroid dienone is 4. The summed E-state index contributed by atoms with van der Waals surface area (Å²) in [4.78, 5) is 38.0. The molecule has 62 heavy (non-hydrogen) atoms. The van der Waals surface area contributed by atoms with Crippen molar-refractivity contribution in [3.63, 3.8) is 0 Å². The molecule has 0 saturated carbocycles. The lowest BCUT2D eigenvalue weighted by Crippen LogP contribution is -2.30. The van der Waals surface area contributed by atoms with Gasteiger partial charge in [0, 0.05) is 19.3 Å². The monoisotopic (exact) mass is 873 g/mol. The Balaban J connectivity index is 4.31. The van der Waals surface area contributed by atoms with Gasteiger partial charge in [0.2, 0.25) is 0 Å². The predicted molar refractivity (Wildman–Crippen MR) is 266 cm³/mol. The zero-order valence-corrected chi connectivity index (χ0v) is 41.7. The standard InChI is InChI=1S/C56H104O6/c1-4-7-10-13-16-19-22-25-26-27-28-29-30-32-35-38-41-44-47-50-56(59)62-53(51-60-54(57)48-45-42-39-36-33-24-21-18-15-12-9-6-3)52-61-55(58)49-46-43-40-37-34-31-23-20-17-14-11-8-5-2/h16,19,25-26,53H,4-15,17-18,20-24,27-52H2,1-3H3/b19-16-,26-25-/t53-/m0/s1. The van der Waals surface area contributed by atoms with Gasteiger partial charge < -0.3 is 14.2 Å². The van der Waals surface area contributed by atoms with Crippen molar-refractivity contribution in [2.75, 3.05) is 13.2 Å². The summed E-state index contributed by atoms with van der Waals surface area (Å²) < 4.78 is 16.8. The van der Waals surface area contributed by atoms with Crippen LogP contribution in [0.3, 0.4) is 0 Å². The second kappa shape index (κ2) is 51.5. The van der Waals surface area contributed by atoms with Crippen LogP contribution in [0.2, 0.25) is 0 Å². The molecule has 0 N–H and O–H groups in total. The van der Waals surface area contributed by atoms with E-state index in [1.165, 1.54) is 193 Å². The lowest BCUT2D eigenvalue weighted by atomic mass is 10.0. The number of esters is 3. The Morgan fingerprint density at radius 2 is 0.581 bits per heavy atom. The van der Waals surface area contributed by atoms with Crippen molar-refractivity contribution in [3.05, 3.63) is 24.3 Å². The van der Waals surface area contributed by atoms with Crippen molar-refractivity contribution in [2.45, 2.75) is 303 Å². The first kappa shape index (κ1) is 59.9. The first-order valence-corrected chi connectivity index (χ1v) is 27.3. The van der Waals surface area contributed by atoms with E-state index in [1.807, 2.05) is 0 Å². The lowest BCUT2D eigenvalue weighted by molar-refractivity contribution is -0.167. The fraction of sp³-hybridized carbons (Fsp3) is 0.875. The fourth-order valence-corrected chi connectivity index (χ4v) is 8.06. The minimum atomic E-state index is -0.767. The van der Waals surface area contributed by atoms with Gasteiger partial charge >= 0.3 is 17.9 Å². The lowest BCUT2D eigenvalue weighted by Gasteiger charge is -2.18. The maximum Gasteiger partial charge on any atom is 0.306 e. The van der Waals surface area contributed by atoms with Crippen LogP contribution in [0.1, 0.15) is 297 Å². The van der Waals surface area contributed by atoms with Gasteiger partial charge in [-0.3, -0.25) is 14.4 Å². The smallest absolute Gasteiger partial charge is 0.306 e. The van der Waals surface area contributed by atoms with E-state index < -0.39 is 6.10 Å². The molecule has 0 aromatic carbocycles. The number of carbonyl (C=O) groups is 3. The maximum absolute atomic E-state index is 12.8. The molecule has 364 valence electrons. The fourth-order valence-electron chi connectivity index (χ4n) is 8.06. The summed E-state index contributed by atoms with van der Waals surface area (Å²) in [6.45, 7) is 6.64. The second-order valence-electron chi connectivity index (χ2n) is 18.5. The van der Waals surface area contributed by atoms with Crippen molar-refractivity contribution in [1.82, 2.24) is 0 Å². The molecule has 0 aliphatic carbocycles. The average molecular weight is 873 g/mol. The molecule has 6 nitrogen and oxygen atoms in total. The molecule has 0 aromatic heterocycles. The summed E-state index contributed by atoms with van der Waals surface area (Å²) in [5, 5.41) is 0. The zero-order valence-electron chi connectivity index (χ0n) is 41.7. The van der Waals surface area contributed by atoms with Crippen molar-refractivity contribution in [3.8, 4) is 0 Å². The Hall–Kier alpha value is -2.11. The van der Waals surface area contributed by atoms with Crippen LogP contribution < -0.4 is 0 Å². The molecule has 1 atom stereocenters. The Morgan fingerprint density at radius 1 is 0.323 bits per heavy atom. The molecule has 0 unspecified atom stereocenters. The Kier molecular flexibility index (Phi) is 49.8. The molecule has 0 radical (unpaired) electrons. The van der Waals surface area contributed by atoms with Gasteiger partial charge in [-0.05, 0) is 51.4 Å². The molecule has 0 aromatic rings. The molecular weight excluding hydrogens is 769 g/mol. The number of rotatable bonds is 50. The van der Waals surface area contributed by atoms with Gasteiger partial charge in [0.05, 0.1) is 0 Å². The molecule has 0 spiro atoms. The molecule has 0 aliphatic rings. The van der Waals surface area contributed by atoms with Crippen LogP contribution >= 0.6 is 0 Å². The summed E-state index contributed by atoms with van der Waals surface area (Å²) in [5.74, 6) is -0.855. The average Bonchev–Trinajstić information content (AvgIpc) is 3.27. The van der Waals surface area contributed by atoms with Crippen LogP contribution in [0.15, 0.2) is 24.3 Å². The van der Waals surface area contributed by atoms with Crippen LogP contribution in [0.5, 0.6) is 0 Å². The van der Waals surface area contributed by atoms with E-state index in [9.17, 15) is 14.4 Å². The zero-order chi connectivity index (χ0) is 45.1.